The van der Waals surface area contributed by atoms with Gasteiger partial charge in [-0.25, -0.2) is 4.39 Å². The van der Waals surface area contributed by atoms with Crippen molar-refractivity contribution < 1.29 is 23.8 Å². The summed E-state index contributed by atoms with van der Waals surface area (Å²) in [4.78, 5) is 23.0. The highest BCUT2D eigenvalue weighted by atomic mass is 19.1. The Morgan fingerprint density at radius 2 is 1.76 bits per heavy atom. The first-order valence-electron chi connectivity index (χ1n) is 7.93. The van der Waals surface area contributed by atoms with Crippen molar-refractivity contribution in [2.24, 2.45) is 0 Å². The molecule has 0 spiro atoms. The third-order valence-corrected chi connectivity index (χ3v) is 3.57. The maximum absolute atomic E-state index is 13.0. The highest BCUT2D eigenvalue weighted by Gasteiger charge is 2.18. The Morgan fingerprint density at radius 3 is 2.40 bits per heavy atom. The number of aliphatic carboxylic acids is 1. The van der Waals surface area contributed by atoms with Crippen LogP contribution in [0.4, 0.5) is 4.39 Å². The molecule has 2 N–H and O–H groups in total. The number of ether oxygens (including phenoxy) is 1. The molecule has 0 saturated heterocycles. The van der Waals surface area contributed by atoms with Crippen molar-refractivity contribution in [2.45, 2.75) is 25.5 Å². The number of carbonyl (C=O) groups excluding carboxylic acids is 1. The van der Waals surface area contributed by atoms with E-state index in [0.717, 1.165) is 5.56 Å². The molecule has 25 heavy (non-hydrogen) atoms. The number of rotatable bonds is 9. The minimum atomic E-state index is -1.05. The van der Waals surface area contributed by atoms with Crippen molar-refractivity contribution in [3.05, 3.63) is 71.5 Å². The lowest BCUT2D eigenvalue weighted by Gasteiger charge is -2.17. The molecular weight excluding hydrogens is 325 g/mol. The van der Waals surface area contributed by atoms with Gasteiger partial charge in [0.1, 0.15) is 5.82 Å². The van der Waals surface area contributed by atoms with Gasteiger partial charge in [-0.1, -0.05) is 42.5 Å². The minimum absolute atomic E-state index is 0.115. The van der Waals surface area contributed by atoms with Crippen LogP contribution in [-0.2, 0) is 20.9 Å². The third kappa shape index (κ3) is 6.73. The van der Waals surface area contributed by atoms with E-state index in [1.54, 1.807) is 0 Å². The molecule has 5 nitrogen and oxygen atoms in total. The standard InChI is InChI=1S/C19H20FNO4/c20-16-8-6-15(7-9-16)17(12-19(23)24)21-18(22)10-11-25-13-14-4-2-1-3-5-14/h1-9,17H,10-13H2,(H,21,22)(H,23,24). The molecule has 2 aromatic rings. The predicted molar refractivity (Wildman–Crippen MR) is 90.3 cm³/mol. The summed E-state index contributed by atoms with van der Waals surface area (Å²) in [6, 6.07) is 14.3. The van der Waals surface area contributed by atoms with Gasteiger partial charge in [0.25, 0.3) is 0 Å². The van der Waals surface area contributed by atoms with Crippen molar-refractivity contribution in [3.63, 3.8) is 0 Å². The molecule has 1 atom stereocenters. The fourth-order valence-corrected chi connectivity index (χ4v) is 2.32. The van der Waals surface area contributed by atoms with E-state index < -0.39 is 17.8 Å². The highest BCUT2D eigenvalue weighted by Crippen LogP contribution is 2.17. The van der Waals surface area contributed by atoms with E-state index in [2.05, 4.69) is 5.32 Å². The van der Waals surface area contributed by atoms with Gasteiger partial charge in [0.15, 0.2) is 0 Å². The quantitative estimate of drug-likeness (QED) is 0.685. The molecule has 0 heterocycles. The van der Waals surface area contributed by atoms with Gasteiger partial charge in [-0.05, 0) is 23.3 Å². The van der Waals surface area contributed by atoms with E-state index in [0.29, 0.717) is 12.2 Å². The summed E-state index contributed by atoms with van der Waals surface area (Å²) in [6.45, 7) is 0.634. The van der Waals surface area contributed by atoms with Crippen LogP contribution in [0, 0.1) is 5.82 Å². The van der Waals surface area contributed by atoms with E-state index in [9.17, 15) is 14.0 Å². The number of carboxylic acid groups (broad SMARTS) is 1. The van der Waals surface area contributed by atoms with Crippen LogP contribution in [-0.4, -0.2) is 23.6 Å². The molecule has 2 rings (SSSR count). The summed E-state index contributed by atoms with van der Waals surface area (Å²) in [5, 5.41) is 11.7. The number of carboxylic acids is 1. The second-order valence-electron chi connectivity index (χ2n) is 5.56. The van der Waals surface area contributed by atoms with Crippen LogP contribution in [0.25, 0.3) is 0 Å². The number of hydrogen-bond donors (Lipinski definition) is 2. The topological polar surface area (TPSA) is 75.6 Å². The SMILES string of the molecule is O=C(O)CC(NC(=O)CCOCc1ccccc1)c1ccc(F)cc1. The average Bonchev–Trinajstić information content (AvgIpc) is 2.59. The zero-order valence-corrected chi connectivity index (χ0v) is 13.7. The molecule has 6 heteroatoms. The molecule has 1 amide bonds. The Labute approximate surface area is 145 Å². The molecule has 1 unspecified atom stereocenters. The summed E-state index contributed by atoms with van der Waals surface area (Å²) in [7, 11) is 0. The molecule has 132 valence electrons. The second-order valence-corrected chi connectivity index (χ2v) is 5.56. The first-order valence-corrected chi connectivity index (χ1v) is 7.93. The van der Waals surface area contributed by atoms with Crippen molar-refractivity contribution in [3.8, 4) is 0 Å². The maximum atomic E-state index is 13.0. The number of nitrogens with one attached hydrogen (secondary N) is 1. The van der Waals surface area contributed by atoms with E-state index in [-0.39, 0.29) is 25.4 Å². The zero-order valence-electron chi connectivity index (χ0n) is 13.7. The van der Waals surface area contributed by atoms with E-state index in [1.807, 2.05) is 30.3 Å². The molecule has 0 aliphatic heterocycles. The number of carbonyl (C=O) groups is 2. The summed E-state index contributed by atoms with van der Waals surface area (Å²) in [5.74, 6) is -1.78. The molecule has 0 saturated carbocycles. The van der Waals surface area contributed by atoms with Gasteiger partial charge < -0.3 is 15.2 Å². The van der Waals surface area contributed by atoms with Gasteiger partial charge in [0.2, 0.25) is 5.91 Å². The second kappa shape index (κ2) is 9.54. The Kier molecular flexibility index (Phi) is 7.10. The van der Waals surface area contributed by atoms with Gasteiger partial charge in [-0.15, -0.1) is 0 Å². The normalized spacial score (nSPS) is 11.7. The average molecular weight is 345 g/mol. The predicted octanol–water partition coefficient (Wildman–Crippen LogP) is 3.06. The molecule has 0 aliphatic rings. The van der Waals surface area contributed by atoms with Crippen molar-refractivity contribution in [1.29, 1.82) is 0 Å². The van der Waals surface area contributed by atoms with Crippen LogP contribution < -0.4 is 5.32 Å². The van der Waals surface area contributed by atoms with Crippen LogP contribution in [0.15, 0.2) is 54.6 Å². The molecule has 0 fully saturated rings. The summed E-state index contributed by atoms with van der Waals surface area (Å²) in [6.07, 6.45) is -0.160. The van der Waals surface area contributed by atoms with Gasteiger partial charge >= 0.3 is 5.97 Å². The number of hydrogen-bond acceptors (Lipinski definition) is 3. The number of halogens is 1. The number of amides is 1. The van der Waals surface area contributed by atoms with Crippen molar-refractivity contribution >= 4 is 11.9 Å². The first kappa shape index (κ1) is 18.6. The summed E-state index contributed by atoms with van der Waals surface area (Å²) >= 11 is 0. The van der Waals surface area contributed by atoms with E-state index in [1.165, 1.54) is 24.3 Å². The molecular formula is C19H20FNO4. The van der Waals surface area contributed by atoms with Gasteiger partial charge in [-0.3, -0.25) is 9.59 Å². The van der Waals surface area contributed by atoms with Crippen molar-refractivity contribution in [1.82, 2.24) is 5.32 Å². The Morgan fingerprint density at radius 1 is 1.08 bits per heavy atom. The fourth-order valence-electron chi connectivity index (χ4n) is 2.32. The van der Waals surface area contributed by atoms with Crippen molar-refractivity contribution in [2.75, 3.05) is 6.61 Å². The molecule has 0 aromatic heterocycles. The molecule has 0 radical (unpaired) electrons. The number of benzene rings is 2. The van der Waals surface area contributed by atoms with Crippen LogP contribution >= 0.6 is 0 Å². The van der Waals surface area contributed by atoms with Crippen LogP contribution in [0.5, 0.6) is 0 Å². The van der Waals surface area contributed by atoms with Crippen LogP contribution in [0.1, 0.15) is 30.0 Å². The van der Waals surface area contributed by atoms with Gasteiger partial charge in [-0.2, -0.15) is 0 Å². The zero-order chi connectivity index (χ0) is 18.1. The Balaban J connectivity index is 1.82. The Hall–Kier alpha value is -2.73. The first-order chi connectivity index (χ1) is 12.0. The molecule has 0 aliphatic carbocycles. The third-order valence-electron chi connectivity index (χ3n) is 3.57. The monoisotopic (exact) mass is 345 g/mol. The highest BCUT2D eigenvalue weighted by molar-refractivity contribution is 5.77. The largest absolute Gasteiger partial charge is 0.481 e. The Bertz CT molecular complexity index is 688. The van der Waals surface area contributed by atoms with Gasteiger partial charge in [0, 0.05) is 6.42 Å². The summed E-state index contributed by atoms with van der Waals surface area (Å²) < 4.78 is 18.4. The maximum Gasteiger partial charge on any atom is 0.305 e. The van der Waals surface area contributed by atoms with Crippen LogP contribution in [0.3, 0.4) is 0 Å². The fraction of sp³-hybridized carbons (Fsp3) is 0.263. The molecule has 2 aromatic carbocycles. The van der Waals surface area contributed by atoms with E-state index in [4.69, 9.17) is 9.84 Å². The minimum Gasteiger partial charge on any atom is -0.481 e. The smallest absolute Gasteiger partial charge is 0.305 e. The van der Waals surface area contributed by atoms with E-state index >= 15 is 0 Å². The molecule has 0 bridgehead atoms. The van der Waals surface area contributed by atoms with Crippen LogP contribution in [0.2, 0.25) is 0 Å². The van der Waals surface area contributed by atoms with Gasteiger partial charge in [0.05, 0.1) is 25.7 Å². The lowest BCUT2D eigenvalue weighted by Crippen LogP contribution is -2.30. The summed E-state index contributed by atoms with van der Waals surface area (Å²) in [5.41, 5.74) is 1.56. The lowest BCUT2D eigenvalue weighted by molar-refractivity contribution is -0.137. The lowest BCUT2D eigenvalue weighted by atomic mass is 10.0.